The Morgan fingerprint density at radius 1 is 1.21 bits per heavy atom. The number of amides is 1. The van der Waals surface area contributed by atoms with Gasteiger partial charge in [-0.25, -0.2) is 0 Å². The number of carbonyl (C=O) groups excluding carboxylic acids is 1. The van der Waals surface area contributed by atoms with Crippen molar-refractivity contribution >= 4 is 28.5 Å². The number of carbonyl (C=O) groups is 1. The number of hydrogen-bond donors (Lipinski definition) is 1. The van der Waals surface area contributed by atoms with Gasteiger partial charge in [0.25, 0.3) is 5.91 Å². The molecular weight excluding hydrogens is 382 g/mol. The first-order chi connectivity index (χ1) is 14.0. The fraction of sp³-hybridized carbons (Fsp3) is 0.273. The van der Waals surface area contributed by atoms with Crippen LogP contribution in [-0.4, -0.2) is 20.7 Å². The molecule has 0 atom stereocenters. The average Bonchev–Trinajstić information content (AvgIpc) is 3.29. The maximum absolute atomic E-state index is 12.5. The van der Waals surface area contributed by atoms with E-state index in [9.17, 15) is 10.1 Å². The zero-order valence-corrected chi connectivity index (χ0v) is 17.8. The average molecular weight is 406 g/mol. The lowest BCUT2D eigenvalue weighted by atomic mass is 10.1. The van der Waals surface area contributed by atoms with Crippen molar-refractivity contribution in [3.8, 4) is 11.8 Å². The molecule has 1 N–H and O–H groups in total. The van der Waals surface area contributed by atoms with Crippen LogP contribution in [-0.2, 0) is 17.6 Å². The molecule has 0 saturated carbocycles. The molecule has 0 radical (unpaired) electrons. The number of nitriles is 1. The number of rotatable bonds is 6. The number of hydrogen-bond acceptors (Lipinski definition) is 5. The quantitative estimate of drug-likeness (QED) is 0.479. The highest BCUT2D eigenvalue weighted by Crippen LogP contribution is 2.24. The molecule has 0 aliphatic carbocycles. The van der Waals surface area contributed by atoms with Crippen LogP contribution in [0.2, 0.25) is 0 Å². The van der Waals surface area contributed by atoms with Crippen molar-refractivity contribution in [2.24, 2.45) is 0 Å². The molecular formula is C22H23N5OS. The Kier molecular flexibility index (Phi) is 6.25. The smallest absolute Gasteiger partial charge is 0.268 e. The second-order valence-corrected chi connectivity index (χ2v) is 7.72. The highest BCUT2D eigenvalue weighted by atomic mass is 32.1. The second kappa shape index (κ2) is 8.84. The number of nitrogens with zero attached hydrogens (tertiary/aromatic N) is 4. The standard InChI is InChI=1S/C22H23N5OS/c1-5-16-7-9-19(10-8-16)27-14(3)11-17(15(27)4)12-18(13-23)21(28)24-22-26-25-20(6-2)29-22/h7-12H,5-6H2,1-4H3,(H,24,26,28)/b18-12-. The van der Waals surface area contributed by atoms with Crippen molar-refractivity contribution in [2.75, 3.05) is 5.32 Å². The fourth-order valence-electron chi connectivity index (χ4n) is 3.13. The van der Waals surface area contributed by atoms with Crippen molar-refractivity contribution in [2.45, 2.75) is 40.5 Å². The Labute approximate surface area is 174 Å². The van der Waals surface area contributed by atoms with E-state index in [0.717, 1.165) is 40.5 Å². The van der Waals surface area contributed by atoms with E-state index in [2.05, 4.69) is 51.3 Å². The first-order valence-electron chi connectivity index (χ1n) is 9.50. The molecule has 1 amide bonds. The van der Waals surface area contributed by atoms with Crippen molar-refractivity contribution in [3.05, 3.63) is 63.4 Å². The Balaban J connectivity index is 1.89. The van der Waals surface area contributed by atoms with Crippen LogP contribution < -0.4 is 5.32 Å². The Morgan fingerprint density at radius 3 is 2.52 bits per heavy atom. The van der Waals surface area contributed by atoms with Gasteiger partial charge in [-0.1, -0.05) is 37.3 Å². The molecule has 7 heteroatoms. The second-order valence-electron chi connectivity index (χ2n) is 6.66. The lowest BCUT2D eigenvalue weighted by molar-refractivity contribution is -0.112. The van der Waals surface area contributed by atoms with Gasteiger partial charge < -0.3 is 4.57 Å². The summed E-state index contributed by atoms with van der Waals surface area (Å²) >= 11 is 1.31. The van der Waals surface area contributed by atoms with Gasteiger partial charge in [0, 0.05) is 17.1 Å². The predicted molar refractivity (Wildman–Crippen MR) is 116 cm³/mol. The Hall–Kier alpha value is -3.24. The maximum Gasteiger partial charge on any atom is 0.268 e. The topological polar surface area (TPSA) is 83.6 Å². The van der Waals surface area contributed by atoms with Crippen molar-refractivity contribution in [1.29, 1.82) is 5.26 Å². The first-order valence-corrected chi connectivity index (χ1v) is 10.3. The molecule has 3 aromatic rings. The van der Waals surface area contributed by atoms with Crippen molar-refractivity contribution in [3.63, 3.8) is 0 Å². The maximum atomic E-state index is 12.5. The third kappa shape index (κ3) is 4.44. The van der Waals surface area contributed by atoms with E-state index in [1.807, 2.05) is 32.9 Å². The minimum absolute atomic E-state index is 0.0276. The molecule has 6 nitrogen and oxygen atoms in total. The third-order valence-corrected chi connectivity index (χ3v) is 5.71. The molecule has 1 aromatic carbocycles. The van der Waals surface area contributed by atoms with E-state index in [0.29, 0.717) is 5.13 Å². The van der Waals surface area contributed by atoms with Gasteiger partial charge in [-0.3, -0.25) is 10.1 Å². The van der Waals surface area contributed by atoms with Crippen LogP contribution in [0.3, 0.4) is 0 Å². The lowest BCUT2D eigenvalue weighted by Crippen LogP contribution is -2.13. The number of benzene rings is 1. The van der Waals surface area contributed by atoms with Gasteiger partial charge in [0.2, 0.25) is 5.13 Å². The van der Waals surface area contributed by atoms with Crippen LogP contribution in [0, 0.1) is 25.2 Å². The van der Waals surface area contributed by atoms with Crippen LogP contribution in [0.4, 0.5) is 5.13 Å². The Morgan fingerprint density at radius 2 is 1.93 bits per heavy atom. The van der Waals surface area contributed by atoms with Gasteiger partial charge in [0.15, 0.2) is 0 Å². The Bertz CT molecular complexity index is 1100. The monoisotopic (exact) mass is 405 g/mol. The largest absolute Gasteiger partial charge is 0.318 e. The molecule has 2 heterocycles. The summed E-state index contributed by atoms with van der Waals surface area (Å²) in [5.41, 5.74) is 5.20. The van der Waals surface area contributed by atoms with E-state index in [1.54, 1.807) is 6.08 Å². The first kappa shape index (κ1) is 20.5. The van der Waals surface area contributed by atoms with Crippen LogP contribution in [0.5, 0.6) is 0 Å². The molecule has 0 spiro atoms. The molecule has 0 unspecified atom stereocenters. The number of anilines is 1. The summed E-state index contributed by atoms with van der Waals surface area (Å²) in [4.78, 5) is 12.5. The zero-order chi connectivity index (χ0) is 21.0. The van der Waals surface area contributed by atoms with Crippen LogP contribution >= 0.6 is 11.3 Å². The SMILES string of the molecule is CCc1ccc(-n2c(C)cc(/C=C(/C#N)C(=O)Nc3nnc(CC)s3)c2C)cc1. The van der Waals surface area contributed by atoms with E-state index in [1.165, 1.54) is 16.9 Å². The minimum Gasteiger partial charge on any atom is -0.318 e. The van der Waals surface area contributed by atoms with E-state index < -0.39 is 5.91 Å². The minimum atomic E-state index is -0.483. The molecule has 29 heavy (non-hydrogen) atoms. The van der Waals surface area contributed by atoms with Gasteiger partial charge in [-0.15, -0.1) is 10.2 Å². The van der Waals surface area contributed by atoms with Gasteiger partial charge >= 0.3 is 0 Å². The van der Waals surface area contributed by atoms with Gasteiger partial charge in [-0.2, -0.15) is 5.26 Å². The van der Waals surface area contributed by atoms with Crippen LogP contribution in [0.15, 0.2) is 35.9 Å². The number of aromatic nitrogens is 3. The summed E-state index contributed by atoms with van der Waals surface area (Å²) in [5, 5.41) is 21.3. The van der Waals surface area contributed by atoms with Crippen LogP contribution in [0.25, 0.3) is 11.8 Å². The molecule has 2 aromatic heterocycles. The number of aryl methyl sites for hydroxylation is 3. The summed E-state index contributed by atoms with van der Waals surface area (Å²) in [5.74, 6) is -0.483. The van der Waals surface area contributed by atoms with Crippen molar-refractivity contribution in [1.82, 2.24) is 14.8 Å². The lowest BCUT2D eigenvalue weighted by Gasteiger charge is -2.10. The fourth-order valence-corrected chi connectivity index (χ4v) is 3.80. The predicted octanol–water partition coefficient (Wildman–Crippen LogP) is 4.62. The van der Waals surface area contributed by atoms with E-state index in [-0.39, 0.29) is 5.57 Å². The molecule has 0 aliphatic rings. The molecule has 0 saturated heterocycles. The molecule has 0 aliphatic heterocycles. The van der Waals surface area contributed by atoms with Crippen LogP contribution in [0.1, 0.15) is 41.4 Å². The molecule has 0 fully saturated rings. The zero-order valence-electron chi connectivity index (χ0n) is 17.0. The third-order valence-electron chi connectivity index (χ3n) is 4.73. The van der Waals surface area contributed by atoms with Gasteiger partial charge in [-0.05, 0) is 62.1 Å². The normalized spacial score (nSPS) is 11.3. The summed E-state index contributed by atoms with van der Waals surface area (Å²) in [6.45, 7) is 8.09. The van der Waals surface area contributed by atoms with E-state index >= 15 is 0 Å². The van der Waals surface area contributed by atoms with Gasteiger partial charge in [0.1, 0.15) is 16.6 Å². The van der Waals surface area contributed by atoms with Gasteiger partial charge in [0.05, 0.1) is 0 Å². The molecule has 3 rings (SSSR count). The number of nitrogens with one attached hydrogen (secondary N) is 1. The highest BCUT2D eigenvalue weighted by molar-refractivity contribution is 7.15. The highest BCUT2D eigenvalue weighted by Gasteiger charge is 2.15. The summed E-state index contributed by atoms with van der Waals surface area (Å²) < 4.78 is 2.12. The molecule has 0 bridgehead atoms. The van der Waals surface area contributed by atoms with Crippen molar-refractivity contribution < 1.29 is 4.79 Å². The van der Waals surface area contributed by atoms with E-state index in [4.69, 9.17) is 0 Å². The molecule has 148 valence electrons. The summed E-state index contributed by atoms with van der Waals surface area (Å²) in [6, 6.07) is 12.4. The summed E-state index contributed by atoms with van der Waals surface area (Å²) in [7, 11) is 0. The summed E-state index contributed by atoms with van der Waals surface area (Å²) in [6.07, 6.45) is 3.36.